The van der Waals surface area contributed by atoms with Gasteiger partial charge in [-0.05, 0) is 33.1 Å². The normalized spacial score (nSPS) is 25.8. The second kappa shape index (κ2) is 6.96. The quantitative estimate of drug-likeness (QED) is 0.906. The highest BCUT2D eigenvalue weighted by Crippen LogP contribution is 2.11. The summed E-state index contributed by atoms with van der Waals surface area (Å²) >= 11 is 0. The van der Waals surface area contributed by atoms with Gasteiger partial charge in [0, 0.05) is 44.1 Å². The van der Waals surface area contributed by atoms with Crippen LogP contribution in [0.4, 0.5) is 0 Å². The van der Waals surface area contributed by atoms with E-state index in [0.29, 0.717) is 12.1 Å². The highest BCUT2D eigenvalue weighted by molar-refractivity contribution is 5.00. The summed E-state index contributed by atoms with van der Waals surface area (Å²) in [4.78, 5) is 11.3. The van der Waals surface area contributed by atoms with Crippen LogP contribution < -0.4 is 5.32 Å². The third kappa shape index (κ3) is 4.55. The van der Waals surface area contributed by atoms with Gasteiger partial charge in [-0.2, -0.15) is 0 Å². The fourth-order valence-electron chi connectivity index (χ4n) is 2.61. The molecular weight excluding hydrogens is 236 g/mol. The first kappa shape index (κ1) is 14.4. The van der Waals surface area contributed by atoms with Gasteiger partial charge in [0.25, 0.3) is 0 Å². The molecule has 0 spiro atoms. The Morgan fingerprint density at radius 3 is 2.74 bits per heavy atom. The van der Waals surface area contributed by atoms with E-state index in [0.717, 1.165) is 31.0 Å². The minimum atomic E-state index is 0.608. The van der Waals surface area contributed by atoms with Crippen LogP contribution >= 0.6 is 0 Å². The highest BCUT2D eigenvalue weighted by Gasteiger charge is 2.17. The Balaban J connectivity index is 1.93. The first-order chi connectivity index (χ1) is 9.17. The maximum Gasteiger partial charge on any atom is 0.0727 e. The molecule has 0 saturated carbocycles. The lowest BCUT2D eigenvalue weighted by Gasteiger charge is -2.31. The average Bonchev–Trinajstić information content (AvgIpc) is 2.40. The number of hydrogen-bond donors (Lipinski definition) is 1. The van der Waals surface area contributed by atoms with Crippen molar-refractivity contribution in [1.82, 2.24) is 20.2 Å². The average molecular weight is 262 g/mol. The number of aromatic nitrogens is 2. The number of nitrogens with zero attached hydrogens (tertiary/aromatic N) is 3. The van der Waals surface area contributed by atoms with E-state index in [1.807, 2.05) is 19.3 Å². The smallest absolute Gasteiger partial charge is 0.0727 e. The zero-order valence-electron chi connectivity index (χ0n) is 12.4. The van der Waals surface area contributed by atoms with E-state index in [9.17, 15) is 0 Å². The van der Waals surface area contributed by atoms with Gasteiger partial charge in [-0.1, -0.05) is 6.92 Å². The van der Waals surface area contributed by atoms with Crippen LogP contribution in [0.25, 0.3) is 0 Å². The monoisotopic (exact) mass is 262 g/mol. The molecule has 1 N–H and O–H groups in total. The Bertz CT molecular complexity index is 376. The summed E-state index contributed by atoms with van der Waals surface area (Å²) < 4.78 is 0. The van der Waals surface area contributed by atoms with Crippen molar-refractivity contribution >= 4 is 0 Å². The molecule has 1 saturated heterocycles. The molecule has 4 nitrogen and oxygen atoms in total. The van der Waals surface area contributed by atoms with Gasteiger partial charge in [-0.25, -0.2) is 0 Å². The van der Waals surface area contributed by atoms with E-state index < -0.39 is 0 Å². The van der Waals surface area contributed by atoms with Crippen molar-refractivity contribution in [3.63, 3.8) is 0 Å². The van der Waals surface area contributed by atoms with Gasteiger partial charge in [0.1, 0.15) is 0 Å². The lowest BCUT2D eigenvalue weighted by Crippen LogP contribution is -2.43. The topological polar surface area (TPSA) is 41.1 Å². The number of aryl methyl sites for hydroxylation is 1. The third-order valence-corrected chi connectivity index (χ3v) is 3.91. The Morgan fingerprint density at radius 1 is 1.26 bits per heavy atom. The van der Waals surface area contributed by atoms with Gasteiger partial charge in [0.15, 0.2) is 0 Å². The van der Waals surface area contributed by atoms with Crippen molar-refractivity contribution in [1.29, 1.82) is 0 Å². The molecule has 2 unspecified atom stereocenters. The van der Waals surface area contributed by atoms with Gasteiger partial charge in [0.05, 0.1) is 11.4 Å². The molecule has 1 fully saturated rings. The molecule has 19 heavy (non-hydrogen) atoms. The summed E-state index contributed by atoms with van der Waals surface area (Å²) in [5, 5.41) is 3.71. The van der Waals surface area contributed by atoms with E-state index in [1.165, 1.54) is 19.3 Å². The summed E-state index contributed by atoms with van der Waals surface area (Å²) in [6, 6.07) is 1.26. The Hall–Kier alpha value is -1.00. The van der Waals surface area contributed by atoms with Gasteiger partial charge < -0.3 is 5.32 Å². The Labute approximate surface area is 116 Å². The lowest BCUT2D eigenvalue weighted by atomic mass is 10.1. The van der Waals surface area contributed by atoms with Crippen LogP contribution in [0.3, 0.4) is 0 Å². The van der Waals surface area contributed by atoms with Crippen LogP contribution in [0, 0.1) is 6.92 Å². The van der Waals surface area contributed by atoms with Crippen LogP contribution in [0.1, 0.15) is 44.5 Å². The molecule has 2 atom stereocenters. The van der Waals surface area contributed by atoms with E-state index in [-0.39, 0.29) is 0 Å². The van der Waals surface area contributed by atoms with Crippen molar-refractivity contribution in [2.45, 2.75) is 58.7 Å². The molecule has 1 aromatic heterocycles. The third-order valence-electron chi connectivity index (χ3n) is 3.91. The van der Waals surface area contributed by atoms with Crippen LogP contribution in [0.2, 0.25) is 0 Å². The molecule has 2 heterocycles. The SMILES string of the molecule is CCC1CCN(Cc2cnc(C)cn2)CCC(C)N1. The Morgan fingerprint density at radius 2 is 2.05 bits per heavy atom. The van der Waals surface area contributed by atoms with Crippen LogP contribution in [0.15, 0.2) is 12.4 Å². The second-order valence-electron chi connectivity index (χ2n) is 5.68. The number of nitrogens with one attached hydrogen (secondary N) is 1. The lowest BCUT2D eigenvalue weighted by molar-refractivity contribution is 0.204. The van der Waals surface area contributed by atoms with Crippen molar-refractivity contribution < 1.29 is 0 Å². The number of rotatable bonds is 3. The van der Waals surface area contributed by atoms with Crippen molar-refractivity contribution in [2.24, 2.45) is 0 Å². The fraction of sp³-hybridized carbons (Fsp3) is 0.733. The predicted molar refractivity (Wildman–Crippen MR) is 78.0 cm³/mol. The first-order valence-electron chi connectivity index (χ1n) is 7.43. The van der Waals surface area contributed by atoms with E-state index in [4.69, 9.17) is 0 Å². The molecule has 1 aromatic rings. The Kier molecular flexibility index (Phi) is 5.28. The van der Waals surface area contributed by atoms with Crippen molar-refractivity contribution in [3.05, 3.63) is 23.8 Å². The van der Waals surface area contributed by atoms with Crippen molar-refractivity contribution in [2.75, 3.05) is 13.1 Å². The molecule has 1 aliphatic rings. The van der Waals surface area contributed by atoms with Gasteiger partial charge >= 0.3 is 0 Å². The van der Waals surface area contributed by atoms with Crippen LogP contribution in [-0.2, 0) is 6.54 Å². The minimum absolute atomic E-state index is 0.608. The summed E-state index contributed by atoms with van der Waals surface area (Å²) in [7, 11) is 0. The van der Waals surface area contributed by atoms with E-state index >= 15 is 0 Å². The molecule has 1 aliphatic heterocycles. The fourth-order valence-corrected chi connectivity index (χ4v) is 2.61. The minimum Gasteiger partial charge on any atom is -0.311 e. The largest absolute Gasteiger partial charge is 0.311 e. The summed E-state index contributed by atoms with van der Waals surface area (Å²) in [5.74, 6) is 0. The molecule has 0 aromatic carbocycles. The summed E-state index contributed by atoms with van der Waals surface area (Å²) in [5.41, 5.74) is 2.07. The molecule has 106 valence electrons. The molecule has 0 bridgehead atoms. The molecule has 0 amide bonds. The summed E-state index contributed by atoms with van der Waals surface area (Å²) in [6.45, 7) is 9.75. The summed E-state index contributed by atoms with van der Waals surface area (Å²) in [6.07, 6.45) is 7.41. The van der Waals surface area contributed by atoms with Crippen molar-refractivity contribution in [3.8, 4) is 0 Å². The molecule has 2 rings (SSSR count). The maximum atomic E-state index is 4.46. The van der Waals surface area contributed by atoms with E-state index in [1.54, 1.807) is 0 Å². The maximum absolute atomic E-state index is 4.46. The van der Waals surface area contributed by atoms with E-state index in [2.05, 4.69) is 34.0 Å². The predicted octanol–water partition coefficient (Wildman–Crippen LogP) is 2.14. The van der Waals surface area contributed by atoms with Gasteiger partial charge in [-0.3, -0.25) is 14.9 Å². The number of hydrogen-bond acceptors (Lipinski definition) is 4. The van der Waals surface area contributed by atoms with Gasteiger partial charge in [-0.15, -0.1) is 0 Å². The van der Waals surface area contributed by atoms with Crippen LogP contribution in [0.5, 0.6) is 0 Å². The zero-order valence-corrected chi connectivity index (χ0v) is 12.4. The molecule has 0 radical (unpaired) electrons. The van der Waals surface area contributed by atoms with Gasteiger partial charge in [0.2, 0.25) is 0 Å². The molecule has 4 heteroatoms. The second-order valence-corrected chi connectivity index (χ2v) is 5.68. The highest BCUT2D eigenvalue weighted by atomic mass is 15.1. The zero-order chi connectivity index (χ0) is 13.7. The van der Waals surface area contributed by atoms with Crippen LogP contribution in [-0.4, -0.2) is 40.0 Å². The first-order valence-corrected chi connectivity index (χ1v) is 7.43. The molecular formula is C15H26N4. The standard InChI is InChI=1S/C15H26N4/c1-4-14-6-8-19(7-5-12(2)18-14)11-15-10-16-13(3)9-17-15/h9-10,12,14,18H,4-8,11H2,1-3H3. The molecule has 0 aliphatic carbocycles.